The summed E-state index contributed by atoms with van der Waals surface area (Å²) in [5.41, 5.74) is 6.92. The number of hydrogen-bond donors (Lipinski definition) is 2. The summed E-state index contributed by atoms with van der Waals surface area (Å²) in [6.07, 6.45) is 0.588. The number of hydrogen-bond acceptors (Lipinski definition) is 5. The normalized spacial score (nSPS) is 10.8. The zero-order chi connectivity index (χ0) is 23.4. The van der Waals surface area contributed by atoms with Gasteiger partial charge in [-0.2, -0.15) is 0 Å². The highest BCUT2D eigenvalue weighted by Gasteiger charge is 2.09. The van der Waals surface area contributed by atoms with Crippen LogP contribution in [-0.4, -0.2) is 22.6 Å². The first kappa shape index (κ1) is 22.5. The number of ether oxygens (including phenoxy) is 1. The van der Waals surface area contributed by atoms with E-state index in [4.69, 9.17) is 21.4 Å². The van der Waals surface area contributed by atoms with Gasteiger partial charge in [0, 0.05) is 12.1 Å². The number of rotatable bonds is 6. The summed E-state index contributed by atoms with van der Waals surface area (Å²) in [6, 6.07) is 19.4. The van der Waals surface area contributed by atoms with Gasteiger partial charge in [-0.3, -0.25) is 10.1 Å². The van der Waals surface area contributed by atoms with Crippen LogP contribution in [-0.2, 0) is 11.2 Å². The van der Waals surface area contributed by atoms with E-state index >= 15 is 0 Å². The number of nitrogens with zero attached hydrogens (tertiary/aromatic N) is 1. The Morgan fingerprint density at radius 1 is 1.00 bits per heavy atom. The van der Waals surface area contributed by atoms with E-state index in [0.29, 0.717) is 18.1 Å². The summed E-state index contributed by atoms with van der Waals surface area (Å²) < 4.78 is 11.4. The number of amides is 1. The van der Waals surface area contributed by atoms with E-state index in [1.807, 2.05) is 81.4 Å². The maximum absolute atomic E-state index is 12.1. The first-order chi connectivity index (χ1) is 15.9. The van der Waals surface area contributed by atoms with Crippen molar-refractivity contribution in [1.29, 1.82) is 0 Å². The number of nitrogens with one attached hydrogen (secondary N) is 2. The van der Waals surface area contributed by atoms with Crippen molar-refractivity contribution in [2.75, 3.05) is 11.9 Å². The molecule has 0 aliphatic heterocycles. The minimum atomic E-state index is -0.325. The molecule has 0 saturated heterocycles. The lowest BCUT2D eigenvalue weighted by molar-refractivity contribution is -0.121. The van der Waals surface area contributed by atoms with Crippen LogP contribution < -0.4 is 15.4 Å². The maximum atomic E-state index is 12.1. The molecule has 33 heavy (non-hydrogen) atoms. The summed E-state index contributed by atoms with van der Waals surface area (Å²) in [5, 5.41) is 5.85. The molecule has 6 nitrogen and oxygen atoms in total. The van der Waals surface area contributed by atoms with E-state index in [9.17, 15) is 4.79 Å². The van der Waals surface area contributed by atoms with E-state index in [1.54, 1.807) is 0 Å². The molecule has 0 fully saturated rings. The number of thiocarbonyl (C=S) groups is 1. The van der Waals surface area contributed by atoms with Crippen molar-refractivity contribution in [2.24, 2.45) is 0 Å². The van der Waals surface area contributed by atoms with Crippen molar-refractivity contribution in [3.63, 3.8) is 0 Å². The van der Waals surface area contributed by atoms with Crippen molar-refractivity contribution in [3.8, 4) is 5.75 Å². The average molecular weight is 460 g/mol. The van der Waals surface area contributed by atoms with Gasteiger partial charge in [0.2, 0.25) is 0 Å². The molecule has 0 atom stereocenters. The SMILES string of the molecule is Cc1ccc2oc(Cc3ccc(NC(=S)NC(=O)COc4ccc(C)c(C)c4)cc3)nc2c1. The van der Waals surface area contributed by atoms with Crippen LogP contribution in [0.2, 0.25) is 0 Å². The van der Waals surface area contributed by atoms with Gasteiger partial charge < -0.3 is 14.5 Å². The smallest absolute Gasteiger partial charge is 0.264 e. The molecule has 3 aromatic carbocycles. The molecule has 0 spiro atoms. The molecule has 4 rings (SSSR count). The summed E-state index contributed by atoms with van der Waals surface area (Å²) >= 11 is 5.24. The highest BCUT2D eigenvalue weighted by Crippen LogP contribution is 2.20. The summed E-state index contributed by atoms with van der Waals surface area (Å²) in [7, 11) is 0. The van der Waals surface area contributed by atoms with Gasteiger partial charge in [-0.1, -0.05) is 24.3 Å². The van der Waals surface area contributed by atoms with Gasteiger partial charge in [0.25, 0.3) is 5.91 Å². The van der Waals surface area contributed by atoms with E-state index in [-0.39, 0.29) is 17.6 Å². The molecular formula is C26H25N3O3S. The van der Waals surface area contributed by atoms with Crippen LogP contribution in [0.5, 0.6) is 5.75 Å². The fourth-order valence-electron chi connectivity index (χ4n) is 3.32. The first-order valence-electron chi connectivity index (χ1n) is 10.6. The van der Waals surface area contributed by atoms with Crippen LogP contribution in [0, 0.1) is 20.8 Å². The quantitative estimate of drug-likeness (QED) is 0.384. The Balaban J connectivity index is 1.27. The van der Waals surface area contributed by atoms with E-state index < -0.39 is 0 Å². The second-order valence-electron chi connectivity index (χ2n) is 7.99. The molecule has 0 unspecified atom stereocenters. The van der Waals surface area contributed by atoms with Gasteiger partial charge in [0.15, 0.2) is 23.2 Å². The number of aryl methyl sites for hydroxylation is 3. The van der Waals surface area contributed by atoms with Crippen LogP contribution in [0.25, 0.3) is 11.1 Å². The second kappa shape index (κ2) is 9.83. The Morgan fingerprint density at radius 3 is 2.55 bits per heavy atom. The highest BCUT2D eigenvalue weighted by molar-refractivity contribution is 7.80. The molecule has 1 heterocycles. The van der Waals surface area contributed by atoms with Crippen LogP contribution in [0.1, 0.15) is 28.1 Å². The predicted octanol–water partition coefficient (Wildman–Crippen LogP) is 5.24. The van der Waals surface area contributed by atoms with Crippen molar-refractivity contribution < 1.29 is 13.9 Å². The molecule has 0 radical (unpaired) electrons. The number of oxazole rings is 1. The van der Waals surface area contributed by atoms with Gasteiger partial charge >= 0.3 is 0 Å². The summed E-state index contributed by atoms with van der Waals surface area (Å²) in [4.78, 5) is 16.7. The summed E-state index contributed by atoms with van der Waals surface area (Å²) in [6.45, 7) is 5.94. The first-order valence-corrected chi connectivity index (χ1v) is 11.0. The molecule has 0 saturated carbocycles. The van der Waals surface area contributed by atoms with E-state index in [1.165, 1.54) is 5.56 Å². The Kier molecular flexibility index (Phi) is 6.70. The second-order valence-corrected chi connectivity index (χ2v) is 8.40. The Hall–Kier alpha value is -3.71. The van der Waals surface area contributed by atoms with Gasteiger partial charge in [-0.05, 0) is 91.6 Å². The number of anilines is 1. The van der Waals surface area contributed by atoms with Crippen LogP contribution in [0.15, 0.2) is 65.1 Å². The lowest BCUT2D eigenvalue weighted by Crippen LogP contribution is -2.37. The lowest BCUT2D eigenvalue weighted by atomic mass is 10.1. The number of carbonyl (C=O) groups is 1. The van der Waals surface area contributed by atoms with Gasteiger partial charge in [0.05, 0.1) is 0 Å². The monoisotopic (exact) mass is 459 g/mol. The molecule has 2 N–H and O–H groups in total. The third kappa shape index (κ3) is 5.96. The number of carbonyl (C=O) groups excluding carboxylic acids is 1. The van der Waals surface area contributed by atoms with E-state index in [0.717, 1.165) is 33.5 Å². The topological polar surface area (TPSA) is 76.4 Å². The molecule has 1 amide bonds. The Morgan fingerprint density at radius 2 is 1.79 bits per heavy atom. The maximum Gasteiger partial charge on any atom is 0.264 e. The van der Waals surface area contributed by atoms with Crippen molar-refractivity contribution in [3.05, 3.63) is 88.8 Å². The Labute approximate surface area is 198 Å². The van der Waals surface area contributed by atoms with Crippen LogP contribution in [0.4, 0.5) is 5.69 Å². The molecule has 4 aromatic rings. The largest absolute Gasteiger partial charge is 0.484 e. The van der Waals surface area contributed by atoms with Crippen molar-refractivity contribution >= 4 is 40.0 Å². The average Bonchev–Trinajstić information content (AvgIpc) is 3.17. The highest BCUT2D eigenvalue weighted by atomic mass is 32.1. The molecule has 0 aliphatic carbocycles. The van der Waals surface area contributed by atoms with Gasteiger partial charge in [-0.15, -0.1) is 0 Å². The van der Waals surface area contributed by atoms with Crippen molar-refractivity contribution in [2.45, 2.75) is 27.2 Å². The lowest BCUT2D eigenvalue weighted by Gasteiger charge is -2.11. The molecule has 0 bridgehead atoms. The third-order valence-electron chi connectivity index (χ3n) is 5.26. The molecule has 0 aliphatic rings. The summed E-state index contributed by atoms with van der Waals surface area (Å²) in [5.74, 6) is 0.994. The zero-order valence-corrected chi connectivity index (χ0v) is 19.6. The van der Waals surface area contributed by atoms with Gasteiger partial charge in [-0.25, -0.2) is 4.98 Å². The molecular weight excluding hydrogens is 434 g/mol. The fourth-order valence-corrected chi connectivity index (χ4v) is 3.55. The zero-order valence-electron chi connectivity index (χ0n) is 18.8. The number of aromatic nitrogens is 1. The Bertz CT molecular complexity index is 1310. The van der Waals surface area contributed by atoms with Crippen molar-refractivity contribution in [1.82, 2.24) is 10.3 Å². The van der Waals surface area contributed by atoms with Crippen LogP contribution in [0.3, 0.4) is 0 Å². The number of fused-ring (bicyclic) bond motifs is 1. The predicted molar refractivity (Wildman–Crippen MR) is 134 cm³/mol. The standard InChI is InChI=1S/C26H25N3O3S/c1-16-4-11-23-22(12-16)28-25(32-23)14-19-6-8-20(9-7-19)27-26(33)29-24(30)15-31-21-10-5-17(2)18(3)13-21/h4-13H,14-15H2,1-3H3,(H2,27,29,30,33). The molecule has 7 heteroatoms. The minimum Gasteiger partial charge on any atom is -0.484 e. The third-order valence-corrected chi connectivity index (χ3v) is 5.46. The van der Waals surface area contributed by atoms with Gasteiger partial charge in [0.1, 0.15) is 11.3 Å². The number of benzene rings is 3. The molecule has 1 aromatic heterocycles. The van der Waals surface area contributed by atoms with E-state index in [2.05, 4.69) is 15.6 Å². The van der Waals surface area contributed by atoms with Crippen LogP contribution >= 0.6 is 12.2 Å². The minimum absolute atomic E-state index is 0.118. The molecule has 168 valence electrons. The fraction of sp³-hybridized carbons (Fsp3) is 0.192.